The van der Waals surface area contributed by atoms with Gasteiger partial charge >= 0.3 is 0 Å². The highest BCUT2D eigenvalue weighted by molar-refractivity contribution is 6.08. The second-order valence-corrected chi connectivity index (χ2v) is 4.91. The molecule has 0 saturated carbocycles. The Kier molecular flexibility index (Phi) is 2.46. The average molecular weight is 249 g/mol. The maximum Gasteiger partial charge on any atom is 0.102 e. The molecule has 0 aliphatic heterocycles. The standard InChI is InChI=1S/C16H15N3/c1-11-15(10-17)14-9-8-12-6-4-5-7-13(12)16(14)19(11)18(2)3/h4-9H,1-3H3. The molecule has 0 fully saturated rings. The van der Waals surface area contributed by atoms with E-state index in [1.165, 1.54) is 10.8 Å². The van der Waals surface area contributed by atoms with Gasteiger partial charge in [-0.15, -0.1) is 0 Å². The number of nitrogens with zero attached hydrogens (tertiary/aromatic N) is 3. The lowest BCUT2D eigenvalue weighted by Gasteiger charge is -2.19. The molecule has 3 rings (SSSR count). The molecule has 0 spiro atoms. The Morgan fingerprint density at radius 2 is 1.79 bits per heavy atom. The highest BCUT2D eigenvalue weighted by Gasteiger charge is 2.16. The summed E-state index contributed by atoms with van der Waals surface area (Å²) in [7, 11) is 3.99. The van der Waals surface area contributed by atoms with Gasteiger partial charge in [0, 0.05) is 24.9 Å². The normalized spacial score (nSPS) is 10.8. The summed E-state index contributed by atoms with van der Waals surface area (Å²) in [6, 6.07) is 14.7. The quantitative estimate of drug-likeness (QED) is 0.663. The van der Waals surface area contributed by atoms with Gasteiger partial charge in [0.1, 0.15) is 6.07 Å². The van der Waals surface area contributed by atoms with Crippen LogP contribution < -0.4 is 5.01 Å². The first kappa shape index (κ1) is 11.6. The van der Waals surface area contributed by atoms with E-state index in [2.05, 4.69) is 28.9 Å². The molecule has 3 heteroatoms. The van der Waals surface area contributed by atoms with Crippen molar-refractivity contribution in [3.63, 3.8) is 0 Å². The Balaban J connectivity index is 2.62. The smallest absolute Gasteiger partial charge is 0.102 e. The van der Waals surface area contributed by atoms with Gasteiger partial charge in [0.2, 0.25) is 0 Å². The summed E-state index contributed by atoms with van der Waals surface area (Å²) in [5.74, 6) is 0. The molecule has 0 N–H and O–H groups in total. The number of fused-ring (bicyclic) bond motifs is 3. The molecule has 94 valence electrons. The second kappa shape index (κ2) is 4.03. The molecule has 0 bridgehead atoms. The number of rotatable bonds is 1. The van der Waals surface area contributed by atoms with Gasteiger partial charge in [-0.25, -0.2) is 0 Å². The third kappa shape index (κ3) is 1.50. The number of hydrogen-bond donors (Lipinski definition) is 0. The predicted octanol–water partition coefficient (Wildman–Crippen LogP) is 3.17. The Morgan fingerprint density at radius 1 is 1.05 bits per heavy atom. The lowest BCUT2D eigenvalue weighted by molar-refractivity contribution is 0.739. The van der Waals surface area contributed by atoms with E-state index in [0.717, 1.165) is 22.2 Å². The van der Waals surface area contributed by atoms with Gasteiger partial charge in [-0.2, -0.15) is 5.26 Å². The lowest BCUT2D eigenvalue weighted by atomic mass is 10.1. The first-order chi connectivity index (χ1) is 9.15. The van der Waals surface area contributed by atoms with Gasteiger partial charge < -0.3 is 5.01 Å². The zero-order valence-corrected chi connectivity index (χ0v) is 11.3. The Hall–Kier alpha value is -2.47. The number of hydrogen-bond acceptors (Lipinski definition) is 2. The van der Waals surface area contributed by atoms with E-state index < -0.39 is 0 Å². The molecular formula is C16H15N3. The van der Waals surface area contributed by atoms with Crippen LogP contribution in [0, 0.1) is 18.3 Å². The molecule has 0 radical (unpaired) electrons. The van der Waals surface area contributed by atoms with Crippen LogP contribution in [0.3, 0.4) is 0 Å². The van der Waals surface area contributed by atoms with E-state index in [0.29, 0.717) is 0 Å². The second-order valence-electron chi connectivity index (χ2n) is 4.91. The molecule has 3 nitrogen and oxygen atoms in total. The molecule has 0 amide bonds. The van der Waals surface area contributed by atoms with E-state index in [1.54, 1.807) is 0 Å². The fourth-order valence-electron chi connectivity index (χ4n) is 2.79. The maximum absolute atomic E-state index is 9.40. The number of nitriles is 1. The summed E-state index contributed by atoms with van der Waals surface area (Å²) in [4.78, 5) is 0. The van der Waals surface area contributed by atoms with Gasteiger partial charge in [0.25, 0.3) is 0 Å². The molecule has 1 aromatic heterocycles. The average Bonchev–Trinajstić information content (AvgIpc) is 2.70. The molecule has 0 aliphatic carbocycles. The monoisotopic (exact) mass is 249 g/mol. The number of aromatic nitrogens is 1. The van der Waals surface area contributed by atoms with Gasteiger partial charge in [0.05, 0.1) is 16.8 Å². The van der Waals surface area contributed by atoms with Crippen molar-refractivity contribution in [2.45, 2.75) is 6.92 Å². The van der Waals surface area contributed by atoms with Crippen LogP contribution in [-0.4, -0.2) is 18.8 Å². The van der Waals surface area contributed by atoms with Crippen molar-refractivity contribution in [2.75, 3.05) is 19.1 Å². The maximum atomic E-state index is 9.40. The molecule has 2 aromatic carbocycles. The third-order valence-electron chi connectivity index (χ3n) is 3.57. The van der Waals surface area contributed by atoms with Gasteiger partial charge in [-0.3, -0.25) is 4.68 Å². The molecule has 0 saturated heterocycles. The molecule has 0 unspecified atom stereocenters. The van der Waals surface area contributed by atoms with Crippen molar-refractivity contribution >= 4 is 21.7 Å². The van der Waals surface area contributed by atoms with Crippen LogP contribution in [0.4, 0.5) is 0 Å². The van der Waals surface area contributed by atoms with Crippen molar-refractivity contribution < 1.29 is 0 Å². The first-order valence-corrected chi connectivity index (χ1v) is 6.25. The van der Waals surface area contributed by atoms with Gasteiger partial charge in [-0.1, -0.05) is 36.4 Å². The summed E-state index contributed by atoms with van der Waals surface area (Å²) in [6.07, 6.45) is 0. The zero-order valence-electron chi connectivity index (χ0n) is 11.3. The summed E-state index contributed by atoms with van der Waals surface area (Å²) < 4.78 is 2.11. The first-order valence-electron chi connectivity index (χ1n) is 6.25. The number of benzene rings is 2. The molecular weight excluding hydrogens is 234 g/mol. The summed E-state index contributed by atoms with van der Waals surface area (Å²) >= 11 is 0. The highest BCUT2D eigenvalue weighted by atomic mass is 15.5. The lowest BCUT2D eigenvalue weighted by Crippen LogP contribution is -2.25. The van der Waals surface area contributed by atoms with Crippen LogP contribution in [0.25, 0.3) is 21.7 Å². The minimum atomic E-state index is 0.759. The Labute approximate surface area is 112 Å². The Bertz CT molecular complexity index is 819. The predicted molar refractivity (Wildman–Crippen MR) is 79.0 cm³/mol. The summed E-state index contributed by atoms with van der Waals surface area (Å²) in [5.41, 5.74) is 2.85. The minimum Gasteiger partial charge on any atom is -0.319 e. The van der Waals surface area contributed by atoms with E-state index in [4.69, 9.17) is 0 Å². The van der Waals surface area contributed by atoms with Crippen LogP contribution in [0.1, 0.15) is 11.3 Å². The topological polar surface area (TPSA) is 32.0 Å². The SMILES string of the molecule is Cc1c(C#N)c2ccc3ccccc3c2n1N(C)C. The van der Waals surface area contributed by atoms with Crippen LogP contribution in [0.5, 0.6) is 0 Å². The van der Waals surface area contributed by atoms with Crippen LogP contribution in [-0.2, 0) is 0 Å². The van der Waals surface area contributed by atoms with E-state index >= 15 is 0 Å². The van der Waals surface area contributed by atoms with Crippen molar-refractivity contribution in [2.24, 2.45) is 0 Å². The van der Waals surface area contributed by atoms with Crippen LogP contribution in [0.15, 0.2) is 36.4 Å². The zero-order chi connectivity index (χ0) is 13.6. The Morgan fingerprint density at radius 3 is 2.47 bits per heavy atom. The van der Waals surface area contributed by atoms with Crippen molar-refractivity contribution in [1.82, 2.24) is 4.68 Å². The molecule has 1 heterocycles. The van der Waals surface area contributed by atoms with Crippen LogP contribution >= 0.6 is 0 Å². The fourth-order valence-corrected chi connectivity index (χ4v) is 2.79. The van der Waals surface area contributed by atoms with Crippen molar-refractivity contribution in [1.29, 1.82) is 5.26 Å². The molecule has 0 atom stereocenters. The van der Waals surface area contributed by atoms with Gasteiger partial charge in [-0.05, 0) is 12.3 Å². The largest absolute Gasteiger partial charge is 0.319 e. The van der Waals surface area contributed by atoms with E-state index in [-0.39, 0.29) is 0 Å². The van der Waals surface area contributed by atoms with E-state index in [9.17, 15) is 5.26 Å². The minimum absolute atomic E-state index is 0.759. The van der Waals surface area contributed by atoms with Gasteiger partial charge in [0.15, 0.2) is 0 Å². The summed E-state index contributed by atoms with van der Waals surface area (Å²) in [6.45, 7) is 1.99. The fraction of sp³-hybridized carbons (Fsp3) is 0.188. The van der Waals surface area contributed by atoms with E-state index in [1.807, 2.05) is 44.2 Å². The molecule has 3 aromatic rings. The summed E-state index contributed by atoms with van der Waals surface area (Å²) in [5, 5.41) is 14.8. The van der Waals surface area contributed by atoms with Crippen molar-refractivity contribution in [3.05, 3.63) is 47.7 Å². The van der Waals surface area contributed by atoms with Crippen molar-refractivity contribution in [3.8, 4) is 6.07 Å². The third-order valence-corrected chi connectivity index (χ3v) is 3.57. The molecule has 19 heavy (non-hydrogen) atoms. The highest BCUT2D eigenvalue weighted by Crippen LogP contribution is 2.31. The molecule has 0 aliphatic rings. The van der Waals surface area contributed by atoms with Crippen LogP contribution in [0.2, 0.25) is 0 Å².